The fourth-order valence-electron chi connectivity index (χ4n) is 9.62. The number of carboxylic acids is 1. The molecule has 0 spiro atoms. The SMILES string of the molecule is CC[C@H](CC[C@@H](C)C1CCC2C3CC=C4C[C@@H](OCC(=O)O)CC[C@]4(C)C3CC[C@@]21C)C(C)C. The molecule has 3 nitrogen and oxygen atoms in total. The van der Waals surface area contributed by atoms with E-state index in [1.807, 2.05) is 0 Å². The zero-order chi connectivity index (χ0) is 24.7. The lowest BCUT2D eigenvalue weighted by molar-refractivity contribution is -0.145. The number of fused-ring (bicyclic) bond motifs is 5. The summed E-state index contributed by atoms with van der Waals surface area (Å²) in [5, 5.41) is 9.01. The largest absolute Gasteiger partial charge is 0.480 e. The van der Waals surface area contributed by atoms with Gasteiger partial charge in [-0.25, -0.2) is 4.79 Å². The van der Waals surface area contributed by atoms with E-state index in [4.69, 9.17) is 9.84 Å². The molecule has 3 heteroatoms. The molecule has 0 aliphatic heterocycles. The van der Waals surface area contributed by atoms with E-state index in [1.165, 1.54) is 57.8 Å². The molecule has 4 aliphatic carbocycles. The Morgan fingerprint density at radius 2 is 1.85 bits per heavy atom. The Morgan fingerprint density at radius 3 is 2.53 bits per heavy atom. The van der Waals surface area contributed by atoms with Gasteiger partial charge in [0, 0.05) is 0 Å². The van der Waals surface area contributed by atoms with Crippen LogP contribution in [-0.4, -0.2) is 23.8 Å². The molecule has 0 aromatic rings. The molecule has 0 radical (unpaired) electrons. The highest BCUT2D eigenvalue weighted by atomic mass is 16.5. The zero-order valence-corrected chi connectivity index (χ0v) is 22.9. The van der Waals surface area contributed by atoms with Crippen LogP contribution in [0.3, 0.4) is 0 Å². The first-order chi connectivity index (χ1) is 16.1. The van der Waals surface area contributed by atoms with Crippen molar-refractivity contribution in [2.45, 2.75) is 118 Å². The number of aliphatic carboxylic acids is 1. The van der Waals surface area contributed by atoms with E-state index in [0.717, 1.165) is 54.3 Å². The summed E-state index contributed by atoms with van der Waals surface area (Å²) in [7, 11) is 0. The number of carbonyl (C=O) groups is 1. The van der Waals surface area contributed by atoms with Gasteiger partial charge in [-0.3, -0.25) is 0 Å². The Balaban J connectivity index is 1.43. The van der Waals surface area contributed by atoms with Gasteiger partial charge in [-0.2, -0.15) is 0 Å². The van der Waals surface area contributed by atoms with Gasteiger partial charge in [-0.1, -0.05) is 66.0 Å². The Kier molecular flexibility index (Phi) is 7.92. The zero-order valence-electron chi connectivity index (χ0n) is 22.9. The standard InChI is InChI=1S/C31H52O3/c1-7-22(20(2)3)9-8-21(4)26-12-13-27-25-11-10-23-18-24(34-19-29(32)33)14-16-30(23,5)28(25)15-17-31(26,27)6/h10,20-22,24-28H,7-9,11-19H2,1-6H3,(H,32,33)/t21-,22-,24+,25?,26?,27?,28?,30+,31-/m1/s1. The highest BCUT2D eigenvalue weighted by Gasteiger charge is 2.59. The van der Waals surface area contributed by atoms with Crippen molar-refractivity contribution in [1.29, 1.82) is 0 Å². The van der Waals surface area contributed by atoms with Crippen molar-refractivity contribution in [3.63, 3.8) is 0 Å². The van der Waals surface area contributed by atoms with Gasteiger partial charge in [0.2, 0.25) is 0 Å². The van der Waals surface area contributed by atoms with Crippen LogP contribution >= 0.6 is 0 Å². The lowest BCUT2D eigenvalue weighted by atomic mass is 9.47. The van der Waals surface area contributed by atoms with E-state index in [0.29, 0.717) is 10.8 Å². The molecule has 0 amide bonds. The van der Waals surface area contributed by atoms with Gasteiger partial charge in [-0.05, 0) is 110 Å². The Labute approximate surface area is 209 Å². The van der Waals surface area contributed by atoms with Crippen molar-refractivity contribution in [2.75, 3.05) is 6.61 Å². The summed E-state index contributed by atoms with van der Waals surface area (Å²) >= 11 is 0. The second-order valence-electron chi connectivity index (χ2n) is 13.5. The van der Waals surface area contributed by atoms with Crippen LogP contribution in [-0.2, 0) is 9.53 Å². The summed E-state index contributed by atoms with van der Waals surface area (Å²) in [4.78, 5) is 11.0. The van der Waals surface area contributed by atoms with Gasteiger partial charge >= 0.3 is 5.97 Å². The average molecular weight is 473 g/mol. The van der Waals surface area contributed by atoms with E-state index in [2.05, 4.69) is 47.6 Å². The first kappa shape index (κ1) is 26.2. The van der Waals surface area contributed by atoms with Gasteiger partial charge in [0.05, 0.1) is 6.10 Å². The quantitative estimate of drug-likeness (QED) is 0.344. The van der Waals surface area contributed by atoms with E-state index >= 15 is 0 Å². The summed E-state index contributed by atoms with van der Waals surface area (Å²) in [6.45, 7) is 14.8. The van der Waals surface area contributed by atoms with Crippen LogP contribution in [0.25, 0.3) is 0 Å². The summed E-state index contributed by atoms with van der Waals surface area (Å²) in [6.07, 6.45) is 16.9. The first-order valence-electron chi connectivity index (χ1n) is 14.6. The number of hydrogen-bond acceptors (Lipinski definition) is 2. The topological polar surface area (TPSA) is 46.5 Å². The van der Waals surface area contributed by atoms with Gasteiger partial charge in [0.1, 0.15) is 6.61 Å². The van der Waals surface area contributed by atoms with Gasteiger partial charge < -0.3 is 9.84 Å². The van der Waals surface area contributed by atoms with Crippen molar-refractivity contribution in [2.24, 2.45) is 52.3 Å². The van der Waals surface area contributed by atoms with Crippen LogP contribution < -0.4 is 0 Å². The van der Waals surface area contributed by atoms with Crippen LogP contribution in [0.4, 0.5) is 0 Å². The predicted molar refractivity (Wildman–Crippen MR) is 140 cm³/mol. The van der Waals surface area contributed by atoms with E-state index < -0.39 is 5.97 Å². The molecule has 0 bridgehead atoms. The number of allylic oxidation sites excluding steroid dienone is 1. The summed E-state index contributed by atoms with van der Waals surface area (Å²) in [5.74, 6) is 5.16. The van der Waals surface area contributed by atoms with Crippen LogP contribution in [0.1, 0.15) is 112 Å². The van der Waals surface area contributed by atoms with Crippen LogP contribution in [0, 0.1) is 52.3 Å². The lowest BCUT2D eigenvalue weighted by Crippen LogP contribution is -2.51. The van der Waals surface area contributed by atoms with Gasteiger partial charge in [0.25, 0.3) is 0 Å². The third-order valence-corrected chi connectivity index (χ3v) is 11.7. The molecule has 0 heterocycles. The minimum atomic E-state index is -0.850. The van der Waals surface area contributed by atoms with Crippen LogP contribution in [0.15, 0.2) is 11.6 Å². The first-order valence-corrected chi connectivity index (χ1v) is 14.6. The maximum absolute atomic E-state index is 11.0. The molecule has 4 aliphatic rings. The third-order valence-electron chi connectivity index (χ3n) is 11.7. The fourth-order valence-corrected chi connectivity index (χ4v) is 9.62. The molecule has 9 atom stereocenters. The number of ether oxygens (including phenoxy) is 1. The minimum absolute atomic E-state index is 0.0929. The van der Waals surface area contributed by atoms with Crippen molar-refractivity contribution in [1.82, 2.24) is 0 Å². The molecule has 0 saturated heterocycles. The third kappa shape index (κ3) is 4.76. The maximum Gasteiger partial charge on any atom is 0.329 e. The van der Waals surface area contributed by atoms with Gasteiger partial charge in [-0.15, -0.1) is 0 Å². The van der Waals surface area contributed by atoms with Crippen LogP contribution in [0.2, 0.25) is 0 Å². The molecule has 0 aromatic heterocycles. The highest BCUT2D eigenvalue weighted by molar-refractivity contribution is 5.68. The fraction of sp³-hybridized carbons (Fsp3) is 0.903. The molecule has 1 N–H and O–H groups in total. The maximum atomic E-state index is 11.0. The Bertz CT molecular complexity index is 756. The smallest absolute Gasteiger partial charge is 0.329 e. The van der Waals surface area contributed by atoms with Crippen molar-refractivity contribution >= 4 is 5.97 Å². The molecule has 34 heavy (non-hydrogen) atoms. The molecule has 3 saturated carbocycles. The molecular formula is C31H52O3. The number of carboxylic acid groups (broad SMARTS) is 1. The Morgan fingerprint density at radius 1 is 1.09 bits per heavy atom. The number of hydrogen-bond donors (Lipinski definition) is 1. The van der Waals surface area contributed by atoms with Crippen molar-refractivity contribution in [3.05, 3.63) is 11.6 Å². The highest BCUT2D eigenvalue weighted by Crippen LogP contribution is 2.67. The van der Waals surface area contributed by atoms with Gasteiger partial charge in [0.15, 0.2) is 0 Å². The van der Waals surface area contributed by atoms with Crippen molar-refractivity contribution < 1.29 is 14.6 Å². The lowest BCUT2D eigenvalue weighted by Gasteiger charge is -2.58. The van der Waals surface area contributed by atoms with Crippen LogP contribution in [0.5, 0.6) is 0 Å². The Hall–Kier alpha value is -0.830. The molecule has 4 unspecified atom stereocenters. The second-order valence-corrected chi connectivity index (χ2v) is 13.5. The van der Waals surface area contributed by atoms with E-state index in [1.54, 1.807) is 5.57 Å². The van der Waals surface area contributed by atoms with E-state index in [9.17, 15) is 4.79 Å². The molecule has 194 valence electrons. The molecular weight excluding hydrogens is 420 g/mol. The average Bonchev–Trinajstić information content (AvgIpc) is 3.15. The van der Waals surface area contributed by atoms with Crippen molar-refractivity contribution in [3.8, 4) is 0 Å². The molecule has 0 aromatic carbocycles. The normalized spacial score (nSPS) is 41.3. The minimum Gasteiger partial charge on any atom is -0.480 e. The summed E-state index contributed by atoms with van der Waals surface area (Å²) in [6, 6.07) is 0. The predicted octanol–water partition coefficient (Wildman–Crippen LogP) is 8.13. The second kappa shape index (κ2) is 10.3. The molecule has 3 fully saturated rings. The van der Waals surface area contributed by atoms with E-state index in [-0.39, 0.29) is 12.7 Å². The number of rotatable bonds is 9. The molecule has 4 rings (SSSR count). The summed E-state index contributed by atoms with van der Waals surface area (Å²) in [5.41, 5.74) is 2.42. The summed E-state index contributed by atoms with van der Waals surface area (Å²) < 4.78 is 5.72. The monoisotopic (exact) mass is 472 g/mol.